The largest absolute Gasteiger partial charge is 0.393 e. The van der Waals surface area contributed by atoms with Gasteiger partial charge in [0.2, 0.25) is 5.91 Å². The number of aryl methyl sites for hydroxylation is 2. The third-order valence-electron chi connectivity index (χ3n) is 5.60. The summed E-state index contributed by atoms with van der Waals surface area (Å²) >= 11 is 0. The van der Waals surface area contributed by atoms with Gasteiger partial charge in [0.1, 0.15) is 11.8 Å². The van der Waals surface area contributed by atoms with Gasteiger partial charge in [-0.25, -0.2) is 0 Å². The number of nitrogens with one attached hydrogen (secondary N) is 3. The molecule has 2 aromatic rings. The molecule has 0 bridgehead atoms. The lowest BCUT2D eigenvalue weighted by molar-refractivity contribution is -0.129. The fraction of sp³-hybridized carbons (Fsp3) is 0.476. The number of piperidine rings is 1. The van der Waals surface area contributed by atoms with E-state index in [0.717, 1.165) is 28.9 Å². The number of ketones is 1. The normalized spacial score (nSPS) is 24.1. The van der Waals surface area contributed by atoms with E-state index in [9.17, 15) is 14.7 Å². The standard InChI is InChI=1S/C21H26N4O4/c1-11-19(12(2)29-25-11)13-5-6-16(23-14-9-15(26)10-14)17(8-13)24-21(28)20-18(27)4-3-7-22-20/h5-6,8,14-15,20,22-23,26H,3-4,7,9-10H2,1-2H3,(H,24,28)/t14?,15?,20-/m0/s1. The van der Waals surface area contributed by atoms with E-state index >= 15 is 0 Å². The predicted molar refractivity (Wildman–Crippen MR) is 109 cm³/mol. The van der Waals surface area contributed by atoms with Gasteiger partial charge in [0, 0.05) is 18.0 Å². The van der Waals surface area contributed by atoms with Crippen molar-refractivity contribution in [1.82, 2.24) is 10.5 Å². The average Bonchev–Trinajstić information content (AvgIpc) is 3.00. The Kier molecular flexibility index (Phi) is 5.38. The molecule has 1 amide bonds. The molecule has 1 saturated carbocycles. The smallest absolute Gasteiger partial charge is 0.249 e. The van der Waals surface area contributed by atoms with Gasteiger partial charge < -0.3 is 20.3 Å². The van der Waals surface area contributed by atoms with E-state index in [0.29, 0.717) is 37.3 Å². The van der Waals surface area contributed by atoms with Crippen LogP contribution in [0.1, 0.15) is 37.1 Å². The van der Waals surface area contributed by atoms with Gasteiger partial charge in [-0.2, -0.15) is 0 Å². The van der Waals surface area contributed by atoms with Crippen LogP contribution in [-0.2, 0) is 9.59 Å². The van der Waals surface area contributed by atoms with Gasteiger partial charge in [-0.15, -0.1) is 0 Å². The molecule has 0 unspecified atom stereocenters. The summed E-state index contributed by atoms with van der Waals surface area (Å²) in [6.45, 7) is 4.37. The summed E-state index contributed by atoms with van der Waals surface area (Å²) in [5.74, 6) is 0.251. The Morgan fingerprint density at radius 3 is 2.72 bits per heavy atom. The third-order valence-corrected chi connectivity index (χ3v) is 5.60. The van der Waals surface area contributed by atoms with Crippen molar-refractivity contribution < 1.29 is 19.2 Å². The van der Waals surface area contributed by atoms with E-state index in [-0.39, 0.29) is 23.8 Å². The number of amides is 1. The number of carbonyl (C=O) groups is 2. The van der Waals surface area contributed by atoms with Crippen LogP contribution in [0.15, 0.2) is 22.7 Å². The first-order valence-corrected chi connectivity index (χ1v) is 10.0. The van der Waals surface area contributed by atoms with Gasteiger partial charge in [-0.3, -0.25) is 14.9 Å². The summed E-state index contributed by atoms with van der Waals surface area (Å²) in [5.41, 5.74) is 3.88. The van der Waals surface area contributed by atoms with Crippen LogP contribution in [0.4, 0.5) is 11.4 Å². The highest BCUT2D eigenvalue weighted by molar-refractivity contribution is 6.12. The van der Waals surface area contributed by atoms with Crippen molar-refractivity contribution >= 4 is 23.1 Å². The van der Waals surface area contributed by atoms with Crippen molar-refractivity contribution in [3.05, 3.63) is 29.7 Å². The number of hydrogen-bond donors (Lipinski definition) is 4. The quantitative estimate of drug-likeness (QED) is 0.570. The number of aromatic nitrogens is 1. The highest BCUT2D eigenvalue weighted by Gasteiger charge is 2.30. The molecule has 1 saturated heterocycles. The second-order valence-electron chi connectivity index (χ2n) is 7.87. The minimum atomic E-state index is -0.829. The van der Waals surface area contributed by atoms with Crippen LogP contribution in [0, 0.1) is 13.8 Å². The first-order valence-electron chi connectivity index (χ1n) is 10.0. The van der Waals surface area contributed by atoms with Crippen molar-refractivity contribution in [2.75, 3.05) is 17.2 Å². The van der Waals surface area contributed by atoms with Crippen molar-refractivity contribution in [1.29, 1.82) is 0 Å². The summed E-state index contributed by atoms with van der Waals surface area (Å²) in [5, 5.41) is 22.9. The van der Waals surface area contributed by atoms with Crippen LogP contribution in [0.25, 0.3) is 11.1 Å². The van der Waals surface area contributed by atoms with Crippen molar-refractivity contribution in [3.63, 3.8) is 0 Å². The fourth-order valence-corrected chi connectivity index (χ4v) is 3.96. The zero-order chi connectivity index (χ0) is 20.5. The van der Waals surface area contributed by atoms with Crippen LogP contribution in [0.2, 0.25) is 0 Å². The maximum Gasteiger partial charge on any atom is 0.249 e. The lowest BCUT2D eigenvalue weighted by Crippen LogP contribution is -2.49. The Hall–Kier alpha value is -2.71. The number of benzene rings is 1. The Balaban J connectivity index is 1.63. The van der Waals surface area contributed by atoms with Crippen LogP contribution in [0.5, 0.6) is 0 Å². The molecule has 8 nitrogen and oxygen atoms in total. The molecule has 1 atom stereocenters. The zero-order valence-electron chi connectivity index (χ0n) is 16.6. The number of carbonyl (C=O) groups excluding carboxylic acids is 2. The van der Waals surface area contributed by atoms with Crippen LogP contribution >= 0.6 is 0 Å². The molecule has 2 heterocycles. The number of aliphatic hydroxyl groups is 1. The molecule has 4 rings (SSSR count). The molecule has 29 heavy (non-hydrogen) atoms. The molecule has 1 aromatic carbocycles. The second-order valence-corrected chi connectivity index (χ2v) is 7.87. The molecular formula is C21H26N4O4. The average molecular weight is 398 g/mol. The molecule has 0 radical (unpaired) electrons. The van der Waals surface area contributed by atoms with Crippen molar-refractivity contribution in [3.8, 4) is 11.1 Å². The molecular weight excluding hydrogens is 372 g/mol. The summed E-state index contributed by atoms with van der Waals surface area (Å²) < 4.78 is 5.28. The van der Waals surface area contributed by atoms with E-state index in [2.05, 4.69) is 21.1 Å². The lowest BCUT2D eigenvalue weighted by atomic mass is 9.89. The highest BCUT2D eigenvalue weighted by atomic mass is 16.5. The number of rotatable bonds is 5. The highest BCUT2D eigenvalue weighted by Crippen LogP contribution is 2.35. The van der Waals surface area contributed by atoms with Crippen LogP contribution in [0.3, 0.4) is 0 Å². The number of anilines is 2. The Morgan fingerprint density at radius 1 is 1.28 bits per heavy atom. The molecule has 8 heteroatoms. The van der Waals surface area contributed by atoms with Gasteiger partial charge in [0.25, 0.3) is 0 Å². The SMILES string of the molecule is Cc1noc(C)c1-c1ccc(NC2CC(O)C2)c(NC(=O)[C@H]2NCCCC2=O)c1. The van der Waals surface area contributed by atoms with Crippen molar-refractivity contribution in [2.45, 2.75) is 57.7 Å². The topological polar surface area (TPSA) is 116 Å². The van der Waals surface area contributed by atoms with Gasteiger partial charge in [0.15, 0.2) is 5.78 Å². The minimum absolute atomic E-state index is 0.0905. The van der Waals surface area contributed by atoms with Gasteiger partial charge in [-0.1, -0.05) is 11.2 Å². The van der Waals surface area contributed by atoms with Gasteiger partial charge in [-0.05, 0) is 57.4 Å². The predicted octanol–water partition coefficient (Wildman–Crippen LogP) is 2.15. The monoisotopic (exact) mass is 398 g/mol. The number of Topliss-reactive ketones (excluding diaryl/α,β-unsaturated/α-hetero) is 1. The second kappa shape index (κ2) is 7.96. The molecule has 2 fully saturated rings. The first kappa shape index (κ1) is 19.6. The van der Waals surface area contributed by atoms with Gasteiger partial charge in [0.05, 0.1) is 23.2 Å². The molecule has 0 spiro atoms. The van der Waals surface area contributed by atoms with Crippen LogP contribution < -0.4 is 16.0 Å². The van der Waals surface area contributed by atoms with E-state index in [1.54, 1.807) is 0 Å². The van der Waals surface area contributed by atoms with Crippen LogP contribution in [-0.4, -0.2) is 46.7 Å². The Bertz CT molecular complexity index is 913. The van der Waals surface area contributed by atoms with E-state index in [4.69, 9.17) is 4.52 Å². The Morgan fingerprint density at radius 2 is 2.07 bits per heavy atom. The van der Waals surface area contributed by atoms with E-state index in [1.165, 1.54) is 0 Å². The van der Waals surface area contributed by atoms with E-state index in [1.807, 2.05) is 32.0 Å². The fourth-order valence-electron chi connectivity index (χ4n) is 3.96. The summed E-state index contributed by atoms with van der Waals surface area (Å²) in [6, 6.07) is 5.04. The Labute approximate surface area is 169 Å². The lowest BCUT2D eigenvalue weighted by Gasteiger charge is -2.33. The van der Waals surface area contributed by atoms with Crippen molar-refractivity contribution in [2.24, 2.45) is 0 Å². The van der Waals surface area contributed by atoms with Gasteiger partial charge >= 0.3 is 0 Å². The first-order chi connectivity index (χ1) is 13.9. The maximum absolute atomic E-state index is 12.8. The molecule has 1 aromatic heterocycles. The zero-order valence-corrected chi connectivity index (χ0v) is 16.6. The molecule has 1 aliphatic heterocycles. The minimum Gasteiger partial charge on any atom is -0.393 e. The van der Waals surface area contributed by atoms with E-state index < -0.39 is 6.04 Å². The summed E-state index contributed by atoms with van der Waals surface area (Å²) in [6.07, 6.45) is 2.22. The molecule has 2 aliphatic rings. The number of hydrogen-bond acceptors (Lipinski definition) is 7. The number of aliphatic hydroxyl groups excluding tert-OH is 1. The third kappa shape index (κ3) is 4.04. The summed E-state index contributed by atoms with van der Waals surface area (Å²) in [7, 11) is 0. The molecule has 154 valence electrons. The molecule has 1 aliphatic carbocycles. The molecule has 4 N–H and O–H groups in total. The summed E-state index contributed by atoms with van der Waals surface area (Å²) in [4.78, 5) is 24.9. The maximum atomic E-state index is 12.8. The number of nitrogens with zero attached hydrogens (tertiary/aromatic N) is 1.